The minimum atomic E-state index is 0.709. The number of rotatable bonds is 11. The van der Waals surface area contributed by atoms with Crippen LogP contribution in [-0.2, 0) is 0 Å². The van der Waals surface area contributed by atoms with Crippen molar-refractivity contribution >= 4 is 29.2 Å². The summed E-state index contributed by atoms with van der Waals surface area (Å²) in [4.78, 5) is 2.04. The molecular weight excluding hydrogens is 246 g/mol. The third-order valence-corrected chi connectivity index (χ3v) is 3.83. The fourth-order valence-electron chi connectivity index (χ4n) is 1.93. The van der Waals surface area contributed by atoms with E-state index in [1.54, 1.807) is 0 Å². The van der Waals surface area contributed by atoms with Crippen LogP contribution in [0.1, 0.15) is 71.1 Å². The maximum Gasteiger partial charge on any atom is 0.133 e. The van der Waals surface area contributed by atoms with Gasteiger partial charge in [-0.05, 0) is 6.42 Å². The Hall–Kier alpha value is 0.240. The Morgan fingerprint density at radius 1 is 0.882 bits per heavy atom. The van der Waals surface area contributed by atoms with Gasteiger partial charge in [-0.3, -0.25) is 0 Å². The van der Waals surface area contributed by atoms with E-state index >= 15 is 0 Å². The molecule has 0 bridgehead atoms. The van der Waals surface area contributed by atoms with Gasteiger partial charge >= 0.3 is 0 Å². The van der Waals surface area contributed by atoms with Gasteiger partial charge in [0.1, 0.15) is 4.32 Å². The number of nitrogens with zero attached hydrogens (tertiary/aromatic N) is 1. The fourth-order valence-corrected chi connectivity index (χ4v) is 2.12. The summed E-state index contributed by atoms with van der Waals surface area (Å²) in [7, 11) is 2.02. The van der Waals surface area contributed by atoms with E-state index in [0.29, 0.717) is 4.32 Å². The zero-order chi connectivity index (χ0) is 12.9. The van der Waals surface area contributed by atoms with Crippen LogP contribution in [-0.4, -0.2) is 22.8 Å². The first kappa shape index (κ1) is 17.2. The molecule has 0 radical (unpaired) electrons. The normalized spacial score (nSPS) is 10.5. The quantitative estimate of drug-likeness (QED) is 0.319. The molecule has 0 aliphatic heterocycles. The SMILES string of the molecule is CCCCCCCCCCCCN(C)C(=S)S. The molecule has 0 saturated carbocycles. The van der Waals surface area contributed by atoms with Crippen LogP contribution >= 0.6 is 24.8 Å². The van der Waals surface area contributed by atoms with Crippen LogP contribution in [0.4, 0.5) is 0 Å². The molecule has 0 amide bonds. The highest BCUT2D eigenvalue weighted by atomic mass is 32.1. The Morgan fingerprint density at radius 2 is 1.29 bits per heavy atom. The Bertz CT molecular complexity index is 183. The van der Waals surface area contributed by atoms with E-state index in [2.05, 4.69) is 19.6 Å². The average Bonchev–Trinajstić information content (AvgIpc) is 2.31. The second-order valence-electron chi connectivity index (χ2n) is 4.89. The molecule has 0 aliphatic carbocycles. The van der Waals surface area contributed by atoms with E-state index in [0.717, 1.165) is 6.54 Å². The van der Waals surface area contributed by atoms with Crippen molar-refractivity contribution in [3.63, 3.8) is 0 Å². The van der Waals surface area contributed by atoms with Crippen LogP contribution in [0.3, 0.4) is 0 Å². The molecule has 0 rings (SSSR count). The molecule has 102 valence electrons. The monoisotopic (exact) mass is 275 g/mol. The Kier molecular flexibility index (Phi) is 12.9. The van der Waals surface area contributed by atoms with E-state index in [1.165, 1.54) is 64.2 Å². The number of thiol groups is 1. The molecule has 0 N–H and O–H groups in total. The second-order valence-corrected chi connectivity index (χ2v) is 6.00. The van der Waals surface area contributed by atoms with Gasteiger partial charge in [-0.1, -0.05) is 76.9 Å². The lowest BCUT2D eigenvalue weighted by Gasteiger charge is -2.15. The zero-order valence-corrected chi connectivity index (χ0v) is 13.3. The summed E-state index contributed by atoms with van der Waals surface area (Å²) < 4.78 is 0.709. The third-order valence-electron chi connectivity index (χ3n) is 3.17. The van der Waals surface area contributed by atoms with Crippen LogP contribution in [0.15, 0.2) is 0 Å². The van der Waals surface area contributed by atoms with Gasteiger partial charge in [0, 0.05) is 13.6 Å². The summed E-state index contributed by atoms with van der Waals surface area (Å²) in [6.45, 7) is 3.33. The first-order valence-corrected chi connectivity index (χ1v) is 7.98. The van der Waals surface area contributed by atoms with Gasteiger partial charge in [0.05, 0.1) is 0 Å². The van der Waals surface area contributed by atoms with Gasteiger partial charge in [-0.15, -0.1) is 12.6 Å². The second kappa shape index (κ2) is 12.7. The maximum atomic E-state index is 4.98. The van der Waals surface area contributed by atoms with Crippen molar-refractivity contribution in [1.82, 2.24) is 4.90 Å². The molecule has 0 saturated heterocycles. The number of hydrogen-bond donors (Lipinski definition) is 1. The molecular formula is C14H29NS2. The highest BCUT2D eigenvalue weighted by molar-refractivity contribution is 8.10. The summed E-state index contributed by atoms with van der Waals surface area (Å²) >= 11 is 9.13. The van der Waals surface area contributed by atoms with Gasteiger partial charge in [0.2, 0.25) is 0 Å². The molecule has 0 atom stereocenters. The smallest absolute Gasteiger partial charge is 0.133 e. The Morgan fingerprint density at radius 3 is 1.71 bits per heavy atom. The zero-order valence-electron chi connectivity index (χ0n) is 11.6. The van der Waals surface area contributed by atoms with Crippen molar-refractivity contribution in [2.75, 3.05) is 13.6 Å². The van der Waals surface area contributed by atoms with Gasteiger partial charge in [-0.25, -0.2) is 0 Å². The molecule has 17 heavy (non-hydrogen) atoms. The van der Waals surface area contributed by atoms with Crippen molar-refractivity contribution in [2.45, 2.75) is 71.1 Å². The van der Waals surface area contributed by atoms with Crippen LogP contribution in [0.25, 0.3) is 0 Å². The average molecular weight is 276 g/mol. The lowest BCUT2D eigenvalue weighted by Crippen LogP contribution is -2.21. The third kappa shape index (κ3) is 12.5. The standard InChI is InChI=1S/C14H29NS2/c1-3-4-5-6-7-8-9-10-11-12-13-15(2)14(16)17/h3-13H2,1-2H3,(H,16,17). The van der Waals surface area contributed by atoms with E-state index in [1.807, 2.05) is 11.9 Å². The molecule has 0 aromatic rings. The largest absolute Gasteiger partial charge is 0.361 e. The molecule has 3 heteroatoms. The van der Waals surface area contributed by atoms with E-state index in [9.17, 15) is 0 Å². The molecule has 0 aromatic heterocycles. The summed E-state index contributed by atoms with van der Waals surface area (Å²) in [5, 5.41) is 0. The predicted molar refractivity (Wildman–Crippen MR) is 86.1 cm³/mol. The van der Waals surface area contributed by atoms with Gasteiger partial charge in [0.25, 0.3) is 0 Å². The summed E-state index contributed by atoms with van der Waals surface area (Å²) in [6.07, 6.45) is 13.8. The van der Waals surface area contributed by atoms with Crippen molar-refractivity contribution < 1.29 is 0 Å². The van der Waals surface area contributed by atoms with E-state index < -0.39 is 0 Å². The van der Waals surface area contributed by atoms with Gasteiger partial charge in [0.15, 0.2) is 0 Å². The van der Waals surface area contributed by atoms with Crippen molar-refractivity contribution in [3.05, 3.63) is 0 Å². The van der Waals surface area contributed by atoms with Crippen molar-refractivity contribution in [2.24, 2.45) is 0 Å². The molecule has 0 fully saturated rings. The lowest BCUT2D eigenvalue weighted by atomic mass is 10.1. The van der Waals surface area contributed by atoms with Crippen LogP contribution in [0.5, 0.6) is 0 Å². The predicted octanol–water partition coefficient (Wildman–Crippen LogP) is 5.05. The van der Waals surface area contributed by atoms with E-state index in [-0.39, 0.29) is 0 Å². The first-order valence-electron chi connectivity index (χ1n) is 7.12. The number of unbranched alkanes of at least 4 members (excludes halogenated alkanes) is 9. The molecule has 0 unspecified atom stereocenters. The maximum absolute atomic E-state index is 4.98. The highest BCUT2D eigenvalue weighted by Crippen LogP contribution is 2.10. The van der Waals surface area contributed by atoms with Crippen molar-refractivity contribution in [3.8, 4) is 0 Å². The highest BCUT2D eigenvalue weighted by Gasteiger charge is 1.98. The first-order chi connectivity index (χ1) is 8.18. The minimum Gasteiger partial charge on any atom is -0.361 e. The molecule has 0 heterocycles. The minimum absolute atomic E-state index is 0.709. The number of thiocarbonyl (C=S) groups is 1. The van der Waals surface area contributed by atoms with Crippen LogP contribution in [0, 0.1) is 0 Å². The molecule has 0 aromatic carbocycles. The van der Waals surface area contributed by atoms with Gasteiger partial charge in [-0.2, -0.15) is 0 Å². The molecule has 1 nitrogen and oxygen atoms in total. The Labute approximate surface area is 119 Å². The van der Waals surface area contributed by atoms with Crippen molar-refractivity contribution in [1.29, 1.82) is 0 Å². The number of hydrogen-bond acceptors (Lipinski definition) is 1. The lowest BCUT2D eigenvalue weighted by molar-refractivity contribution is 0.475. The summed E-state index contributed by atoms with van der Waals surface area (Å²) in [5.41, 5.74) is 0. The fraction of sp³-hybridized carbons (Fsp3) is 0.929. The van der Waals surface area contributed by atoms with Crippen LogP contribution < -0.4 is 0 Å². The van der Waals surface area contributed by atoms with Gasteiger partial charge < -0.3 is 4.90 Å². The molecule has 0 spiro atoms. The van der Waals surface area contributed by atoms with Crippen LogP contribution in [0.2, 0.25) is 0 Å². The summed E-state index contributed by atoms with van der Waals surface area (Å²) in [5.74, 6) is 0. The summed E-state index contributed by atoms with van der Waals surface area (Å²) in [6, 6.07) is 0. The topological polar surface area (TPSA) is 3.24 Å². The van der Waals surface area contributed by atoms with E-state index in [4.69, 9.17) is 12.2 Å². The molecule has 0 aliphatic rings. The Balaban J connectivity index is 3.06.